The van der Waals surface area contributed by atoms with E-state index in [1.807, 2.05) is 24.3 Å². The zero-order valence-electron chi connectivity index (χ0n) is 18.2. The largest absolute Gasteiger partial charge is 0.493 e. The molecule has 0 aliphatic heterocycles. The molecule has 2 aromatic rings. The van der Waals surface area contributed by atoms with Crippen LogP contribution in [0.4, 0.5) is 0 Å². The van der Waals surface area contributed by atoms with Crippen LogP contribution in [-0.4, -0.2) is 48.4 Å². The maximum Gasteiger partial charge on any atom is 0.203 e. The molecule has 7 heteroatoms. The number of ketones is 1. The summed E-state index contributed by atoms with van der Waals surface area (Å²) < 4.78 is 32.6. The number of hydrogen-bond acceptors (Lipinski definition) is 7. The molecule has 0 bridgehead atoms. The quantitative estimate of drug-likeness (QED) is 0.645. The minimum atomic E-state index is -0.261. The summed E-state index contributed by atoms with van der Waals surface area (Å²) in [5.74, 6) is 2.79. The first kappa shape index (κ1) is 21.6. The third-order valence-electron chi connectivity index (χ3n) is 5.61. The van der Waals surface area contributed by atoms with Crippen molar-refractivity contribution in [3.63, 3.8) is 0 Å². The van der Waals surface area contributed by atoms with Gasteiger partial charge in [-0.3, -0.25) is 4.79 Å². The van der Waals surface area contributed by atoms with Crippen molar-refractivity contribution >= 4 is 5.78 Å². The number of rotatable bonds is 8. The van der Waals surface area contributed by atoms with Crippen molar-refractivity contribution in [2.24, 2.45) is 0 Å². The maximum absolute atomic E-state index is 13.4. The highest BCUT2D eigenvalue weighted by Crippen LogP contribution is 2.48. The number of carbonyl (C=O) groups excluding carboxylic acids is 1. The fourth-order valence-electron chi connectivity index (χ4n) is 4.13. The van der Waals surface area contributed by atoms with Crippen LogP contribution in [0.25, 0.3) is 0 Å². The van der Waals surface area contributed by atoms with Gasteiger partial charge in [0.2, 0.25) is 11.5 Å². The van der Waals surface area contributed by atoms with Crippen LogP contribution in [0.15, 0.2) is 24.3 Å². The van der Waals surface area contributed by atoms with E-state index in [1.165, 1.54) is 0 Å². The molecule has 1 fully saturated rings. The minimum Gasteiger partial charge on any atom is -0.493 e. The lowest BCUT2D eigenvalue weighted by Gasteiger charge is -2.18. The summed E-state index contributed by atoms with van der Waals surface area (Å²) in [6.45, 7) is 0. The highest BCUT2D eigenvalue weighted by Gasteiger charge is 2.37. The summed E-state index contributed by atoms with van der Waals surface area (Å²) >= 11 is 0. The molecule has 1 saturated carbocycles. The highest BCUT2D eigenvalue weighted by atomic mass is 16.5. The lowest BCUT2D eigenvalue weighted by atomic mass is 9.91. The number of hydrogen-bond donors (Lipinski definition) is 0. The number of benzene rings is 2. The second kappa shape index (κ2) is 9.15. The van der Waals surface area contributed by atoms with Crippen molar-refractivity contribution in [2.45, 2.75) is 24.7 Å². The molecule has 30 heavy (non-hydrogen) atoms. The molecular weight excluding hydrogens is 388 g/mol. The van der Waals surface area contributed by atoms with Gasteiger partial charge in [0.1, 0.15) is 5.78 Å². The Hall–Kier alpha value is -3.09. The van der Waals surface area contributed by atoms with Crippen molar-refractivity contribution in [3.8, 4) is 34.5 Å². The average molecular weight is 416 g/mol. The summed E-state index contributed by atoms with van der Waals surface area (Å²) in [5, 5.41) is 0. The predicted molar refractivity (Wildman–Crippen MR) is 112 cm³/mol. The van der Waals surface area contributed by atoms with Gasteiger partial charge in [0.25, 0.3) is 0 Å². The van der Waals surface area contributed by atoms with Gasteiger partial charge in [-0.1, -0.05) is 0 Å². The molecule has 0 heterocycles. The van der Waals surface area contributed by atoms with Gasteiger partial charge in [-0.15, -0.1) is 0 Å². The highest BCUT2D eigenvalue weighted by molar-refractivity contribution is 5.94. The molecular formula is C23H28O7. The Labute approximate surface area is 176 Å². The Morgan fingerprint density at radius 3 is 1.10 bits per heavy atom. The summed E-state index contributed by atoms with van der Waals surface area (Å²) in [4.78, 5) is 13.4. The van der Waals surface area contributed by atoms with Gasteiger partial charge in [0, 0.05) is 11.8 Å². The van der Waals surface area contributed by atoms with Gasteiger partial charge in [0.15, 0.2) is 23.0 Å². The molecule has 2 unspecified atom stereocenters. The summed E-state index contributed by atoms with van der Waals surface area (Å²) in [6, 6.07) is 7.39. The second-order valence-electron chi connectivity index (χ2n) is 7.00. The second-order valence-corrected chi connectivity index (χ2v) is 7.00. The van der Waals surface area contributed by atoms with Gasteiger partial charge in [-0.05, 0) is 48.2 Å². The first-order valence-electron chi connectivity index (χ1n) is 9.66. The van der Waals surface area contributed by atoms with Crippen LogP contribution < -0.4 is 28.4 Å². The number of methoxy groups -OCH3 is 6. The molecule has 3 rings (SSSR count). The van der Waals surface area contributed by atoms with Crippen molar-refractivity contribution in [3.05, 3.63) is 35.4 Å². The molecule has 2 atom stereocenters. The normalized spacial score (nSPS) is 18.1. The van der Waals surface area contributed by atoms with E-state index in [2.05, 4.69) is 0 Å². The minimum absolute atomic E-state index is 0.138. The van der Waals surface area contributed by atoms with Crippen LogP contribution >= 0.6 is 0 Å². The zero-order chi connectivity index (χ0) is 21.8. The van der Waals surface area contributed by atoms with E-state index >= 15 is 0 Å². The van der Waals surface area contributed by atoms with Crippen LogP contribution in [-0.2, 0) is 4.79 Å². The molecule has 1 aliphatic rings. The Morgan fingerprint density at radius 2 is 0.867 bits per heavy atom. The fourth-order valence-corrected chi connectivity index (χ4v) is 4.13. The Kier molecular flexibility index (Phi) is 6.59. The molecule has 162 valence electrons. The van der Waals surface area contributed by atoms with E-state index < -0.39 is 0 Å². The third kappa shape index (κ3) is 3.72. The maximum atomic E-state index is 13.4. The van der Waals surface area contributed by atoms with E-state index in [-0.39, 0.29) is 17.6 Å². The average Bonchev–Trinajstić information content (AvgIpc) is 3.17. The topological polar surface area (TPSA) is 72.5 Å². The number of Topliss-reactive ketones (excluding diaryl/α,β-unsaturated/α-hetero) is 1. The first-order valence-corrected chi connectivity index (χ1v) is 9.66. The van der Waals surface area contributed by atoms with Crippen molar-refractivity contribution < 1.29 is 33.2 Å². The van der Waals surface area contributed by atoms with Gasteiger partial charge in [-0.2, -0.15) is 0 Å². The van der Waals surface area contributed by atoms with Crippen LogP contribution in [0.2, 0.25) is 0 Å². The van der Waals surface area contributed by atoms with Crippen LogP contribution in [0.5, 0.6) is 34.5 Å². The van der Waals surface area contributed by atoms with Gasteiger partial charge >= 0.3 is 0 Å². The fraction of sp³-hybridized carbons (Fsp3) is 0.435. The van der Waals surface area contributed by atoms with Crippen LogP contribution in [0, 0.1) is 0 Å². The van der Waals surface area contributed by atoms with Crippen molar-refractivity contribution in [2.75, 3.05) is 42.7 Å². The first-order chi connectivity index (χ1) is 14.5. The Balaban J connectivity index is 1.97. The molecule has 1 aliphatic carbocycles. The van der Waals surface area contributed by atoms with Crippen molar-refractivity contribution in [1.82, 2.24) is 0 Å². The summed E-state index contributed by atoms with van der Waals surface area (Å²) in [5.41, 5.74) is 1.70. The van der Waals surface area contributed by atoms with Gasteiger partial charge in [0.05, 0.1) is 42.7 Å². The Morgan fingerprint density at radius 1 is 0.567 bits per heavy atom. The summed E-state index contributed by atoms with van der Waals surface area (Å²) in [7, 11) is 9.38. The molecule has 0 radical (unpaired) electrons. The SMILES string of the molecule is COc1cc(C2CCC(c3cc(OC)c(OC)c(OC)c3)C2=O)cc(OC)c1OC. The predicted octanol–water partition coefficient (Wildman–Crippen LogP) is 3.97. The lowest BCUT2D eigenvalue weighted by molar-refractivity contribution is -0.119. The van der Waals surface area contributed by atoms with E-state index in [1.54, 1.807) is 42.7 Å². The van der Waals surface area contributed by atoms with Crippen LogP contribution in [0.1, 0.15) is 35.8 Å². The number of ether oxygens (including phenoxy) is 6. The van der Waals surface area contributed by atoms with Gasteiger partial charge < -0.3 is 28.4 Å². The molecule has 7 nitrogen and oxygen atoms in total. The molecule has 0 spiro atoms. The number of carbonyl (C=O) groups is 1. The third-order valence-corrected chi connectivity index (χ3v) is 5.61. The smallest absolute Gasteiger partial charge is 0.203 e. The van der Waals surface area contributed by atoms with Crippen LogP contribution in [0.3, 0.4) is 0 Å². The van der Waals surface area contributed by atoms with Crippen molar-refractivity contribution in [1.29, 1.82) is 0 Å². The monoisotopic (exact) mass is 416 g/mol. The van der Waals surface area contributed by atoms with Gasteiger partial charge in [-0.25, -0.2) is 0 Å². The molecule has 0 amide bonds. The van der Waals surface area contributed by atoms with E-state index in [9.17, 15) is 4.79 Å². The molecule has 0 saturated heterocycles. The molecule has 0 N–H and O–H groups in total. The van der Waals surface area contributed by atoms with E-state index in [4.69, 9.17) is 28.4 Å². The summed E-state index contributed by atoms with van der Waals surface area (Å²) in [6.07, 6.45) is 1.44. The molecule has 2 aromatic carbocycles. The lowest BCUT2D eigenvalue weighted by Crippen LogP contribution is -2.12. The molecule has 0 aromatic heterocycles. The van der Waals surface area contributed by atoms with E-state index in [0.717, 1.165) is 24.0 Å². The zero-order valence-corrected chi connectivity index (χ0v) is 18.2. The Bertz CT molecular complexity index is 798. The van der Waals surface area contributed by atoms with E-state index in [0.29, 0.717) is 34.5 Å². The standard InChI is InChI=1S/C23H28O7/c1-25-17-9-13(10-18(26-2)22(17)29-5)15-7-8-16(21(15)24)14-11-19(27-3)23(30-6)20(12-14)28-4/h9-12,15-16H,7-8H2,1-6H3.